The minimum absolute atomic E-state index is 0.0153. The Kier molecular flexibility index (Phi) is 7.78. The summed E-state index contributed by atoms with van der Waals surface area (Å²) in [5.41, 5.74) is 3.10. The number of amides is 2. The molecule has 1 aliphatic carbocycles. The van der Waals surface area contributed by atoms with Gasteiger partial charge in [-0.25, -0.2) is 4.52 Å². The van der Waals surface area contributed by atoms with Crippen LogP contribution in [0.3, 0.4) is 0 Å². The van der Waals surface area contributed by atoms with E-state index in [0.717, 1.165) is 30.0 Å². The standard InChI is InChI=1S/C35H29BrF3N5O3/c1-40-31(45)22-9-12-25(13-10-22)43-32-24(15-20-5-3-2-4-6-20)18-41-44(32)30-19-42(29(21-7-8-21)17-26(30)34(43)47)33(46)23-11-14-28(36)27(16-23)35(37,38)39/h2-6,9-14,16,18,21,29H,7-8,15,17,19H2,1H3,(H,40,45). The maximum atomic E-state index is 14.5. The zero-order valence-electron chi connectivity index (χ0n) is 25.2. The molecule has 12 heteroatoms. The van der Waals surface area contributed by atoms with Gasteiger partial charge in [-0.15, -0.1) is 0 Å². The molecule has 3 aromatic carbocycles. The number of carbonyl (C=O) groups excluding carboxylic acids is 2. The fourth-order valence-electron chi connectivity index (χ4n) is 6.51. The summed E-state index contributed by atoms with van der Waals surface area (Å²) in [5, 5.41) is 7.33. The number of fused-ring (bicyclic) bond motifs is 3. The Morgan fingerprint density at radius 3 is 2.36 bits per heavy atom. The van der Waals surface area contributed by atoms with E-state index in [2.05, 4.69) is 21.2 Å². The molecule has 2 amide bonds. The van der Waals surface area contributed by atoms with Crippen molar-refractivity contribution < 1.29 is 22.8 Å². The minimum atomic E-state index is -4.64. The molecule has 1 N–H and O–H groups in total. The van der Waals surface area contributed by atoms with E-state index < -0.39 is 17.6 Å². The van der Waals surface area contributed by atoms with Crippen LogP contribution < -0.4 is 10.9 Å². The molecule has 47 heavy (non-hydrogen) atoms. The summed E-state index contributed by atoms with van der Waals surface area (Å²) in [4.78, 5) is 42.4. The van der Waals surface area contributed by atoms with Gasteiger partial charge in [-0.3, -0.25) is 19.0 Å². The van der Waals surface area contributed by atoms with Crippen molar-refractivity contribution in [3.63, 3.8) is 0 Å². The molecule has 7 rings (SSSR count). The second kappa shape index (κ2) is 11.8. The molecule has 2 aromatic heterocycles. The molecule has 8 nitrogen and oxygen atoms in total. The molecule has 1 saturated carbocycles. The van der Waals surface area contributed by atoms with Crippen LogP contribution in [0.5, 0.6) is 0 Å². The van der Waals surface area contributed by atoms with E-state index in [-0.39, 0.29) is 46.4 Å². The summed E-state index contributed by atoms with van der Waals surface area (Å²) in [5.74, 6) is -0.644. The van der Waals surface area contributed by atoms with Gasteiger partial charge in [-0.1, -0.05) is 46.3 Å². The number of rotatable bonds is 6. The second-order valence-electron chi connectivity index (χ2n) is 12.0. The number of carbonyl (C=O) groups is 2. The number of aromatic nitrogens is 3. The maximum Gasteiger partial charge on any atom is 0.417 e. The van der Waals surface area contributed by atoms with Gasteiger partial charge in [0.05, 0.1) is 29.7 Å². The van der Waals surface area contributed by atoms with Crippen molar-refractivity contribution in [2.24, 2.45) is 5.92 Å². The highest BCUT2D eigenvalue weighted by molar-refractivity contribution is 9.10. The van der Waals surface area contributed by atoms with Crippen LogP contribution in [0.25, 0.3) is 11.3 Å². The van der Waals surface area contributed by atoms with Gasteiger partial charge in [0, 0.05) is 52.7 Å². The SMILES string of the molecule is CNC(=O)c1ccc(-n2c(=O)c3c(n4ncc(Cc5ccccc5)c24)CN(C(=O)c2ccc(Br)c(C(F)(F)F)c2)C(C2CC2)C3)cc1. The van der Waals surface area contributed by atoms with Gasteiger partial charge in [0.25, 0.3) is 17.4 Å². The number of alkyl halides is 3. The van der Waals surface area contributed by atoms with Gasteiger partial charge < -0.3 is 10.2 Å². The molecule has 5 aromatic rings. The van der Waals surface area contributed by atoms with Crippen LogP contribution in [-0.4, -0.2) is 44.0 Å². The highest BCUT2D eigenvalue weighted by Gasteiger charge is 2.43. The average Bonchev–Trinajstić information content (AvgIpc) is 3.84. The Hall–Kier alpha value is -4.71. The molecular formula is C35H29BrF3N5O3. The Bertz CT molecular complexity index is 2090. The van der Waals surface area contributed by atoms with Gasteiger partial charge >= 0.3 is 6.18 Å². The molecule has 3 heterocycles. The lowest BCUT2D eigenvalue weighted by atomic mass is 9.93. The van der Waals surface area contributed by atoms with Gasteiger partial charge in [-0.05, 0) is 66.8 Å². The summed E-state index contributed by atoms with van der Waals surface area (Å²) < 4.78 is 44.4. The Balaban J connectivity index is 1.38. The highest BCUT2D eigenvalue weighted by Crippen LogP contribution is 2.41. The number of hydrogen-bond acceptors (Lipinski definition) is 4. The van der Waals surface area contributed by atoms with E-state index in [0.29, 0.717) is 34.6 Å². The zero-order chi connectivity index (χ0) is 33.0. The van der Waals surface area contributed by atoms with Crippen molar-refractivity contribution in [3.05, 3.63) is 133 Å². The van der Waals surface area contributed by atoms with E-state index >= 15 is 0 Å². The molecule has 0 spiro atoms. The van der Waals surface area contributed by atoms with Crippen LogP contribution >= 0.6 is 15.9 Å². The number of hydrogen-bond donors (Lipinski definition) is 1. The number of nitrogens with one attached hydrogen (secondary N) is 1. The van der Waals surface area contributed by atoms with Crippen LogP contribution in [0.2, 0.25) is 0 Å². The van der Waals surface area contributed by atoms with E-state index in [1.165, 1.54) is 12.1 Å². The van der Waals surface area contributed by atoms with Crippen LogP contribution in [0, 0.1) is 5.92 Å². The molecule has 0 bridgehead atoms. The van der Waals surface area contributed by atoms with Gasteiger partial charge in [0.2, 0.25) is 0 Å². The molecule has 1 fully saturated rings. The van der Waals surface area contributed by atoms with Crippen molar-refractivity contribution in [3.8, 4) is 5.69 Å². The molecule has 0 saturated heterocycles. The molecule has 1 atom stereocenters. The third-order valence-electron chi connectivity index (χ3n) is 9.03. The van der Waals surface area contributed by atoms with Crippen molar-refractivity contribution >= 4 is 33.4 Å². The third-order valence-corrected chi connectivity index (χ3v) is 9.72. The Morgan fingerprint density at radius 2 is 1.70 bits per heavy atom. The first-order chi connectivity index (χ1) is 22.5. The summed E-state index contributed by atoms with van der Waals surface area (Å²) in [6, 6.07) is 19.7. The van der Waals surface area contributed by atoms with Gasteiger partial charge in [0.15, 0.2) is 0 Å². The molecule has 1 unspecified atom stereocenters. The first-order valence-corrected chi connectivity index (χ1v) is 16.0. The zero-order valence-corrected chi connectivity index (χ0v) is 26.8. The fourth-order valence-corrected chi connectivity index (χ4v) is 6.98. The summed E-state index contributed by atoms with van der Waals surface area (Å²) in [6.07, 6.45) is -0.490. The quantitative estimate of drug-likeness (QED) is 0.228. The smallest absolute Gasteiger partial charge is 0.355 e. The Labute approximate surface area is 275 Å². The van der Waals surface area contributed by atoms with Crippen LogP contribution in [0.4, 0.5) is 13.2 Å². The normalized spacial score (nSPS) is 16.3. The molecular weight excluding hydrogens is 675 g/mol. The second-order valence-corrected chi connectivity index (χ2v) is 12.8. The van der Waals surface area contributed by atoms with Gasteiger partial charge in [0.1, 0.15) is 5.65 Å². The molecule has 2 aliphatic rings. The largest absolute Gasteiger partial charge is 0.417 e. The number of nitrogens with zero attached hydrogens (tertiary/aromatic N) is 4. The van der Waals surface area contributed by atoms with Crippen molar-refractivity contribution in [1.82, 2.24) is 24.4 Å². The predicted molar refractivity (Wildman–Crippen MR) is 173 cm³/mol. The summed E-state index contributed by atoms with van der Waals surface area (Å²) in [7, 11) is 1.55. The lowest BCUT2D eigenvalue weighted by Crippen LogP contribution is -2.48. The van der Waals surface area contributed by atoms with Crippen molar-refractivity contribution in [1.29, 1.82) is 0 Å². The molecule has 1 aliphatic heterocycles. The first kappa shape index (κ1) is 30.9. The highest BCUT2D eigenvalue weighted by atomic mass is 79.9. The lowest BCUT2D eigenvalue weighted by molar-refractivity contribution is -0.138. The topological polar surface area (TPSA) is 88.7 Å². The maximum absolute atomic E-state index is 14.5. The third kappa shape index (κ3) is 5.64. The predicted octanol–water partition coefficient (Wildman–Crippen LogP) is 6.19. The van der Waals surface area contributed by atoms with Crippen LogP contribution in [0.15, 0.2) is 88.3 Å². The summed E-state index contributed by atoms with van der Waals surface area (Å²) >= 11 is 2.97. The van der Waals surface area contributed by atoms with E-state index in [9.17, 15) is 27.6 Å². The van der Waals surface area contributed by atoms with E-state index in [4.69, 9.17) is 5.10 Å². The van der Waals surface area contributed by atoms with Crippen LogP contribution in [-0.2, 0) is 25.6 Å². The fraction of sp³-hybridized carbons (Fsp3) is 0.257. The number of benzene rings is 3. The first-order valence-electron chi connectivity index (χ1n) is 15.2. The number of halogens is 4. The molecule has 0 radical (unpaired) electrons. The average molecular weight is 705 g/mol. The van der Waals surface area contributed by atoms with E-state index in [1.807, 2.05) is 30.3 Å². The van der Waals surface area contributed by atoms with Crippen molar-refractivity contribution in [2.75, 3.05) is 7.05 Å². The van der Waals surface area contributed by atoms with Crippen LogP contribution in [0.1, 0.15) is 61.5 Å². The minimum Gasteiger partial charge on any atom is -0.355 e. The van der Waals surface area contributed by atoms with Crippen molar-refractivity contribution in [2.45, 2.75) is 44.4 Å². The van der Waals surface area contributed by atoms with E-state index in [1.54, 1.807) is 51.5 Å². The summed E-state index contributed by atoms with van der Waals surface area (Å²) in [6.45, 7) is 0.0153. The Morgan fingerprint density at radius 1 is 1.00 bits per heavy atom. The van der Waals surface area contributed by atoms with Gasteiger partial charge in [-0.2, -0.15) is 18.3 Å². The molecule has 240 valence electrons. The monoisotopic (exact) mass is 703 g/mol. The lowest BCUT2D eigenvalue weighted by Gasteiger charge is -2.37.